The molecule has 0 aliphatic heterocycles. The van der Waals surface area contributed by atoms with Crippen LogP contribution in [0.25, 0.3) is 0 Å². The number of hydrogen-bond acceptors (Lipinski definition) is 2. The molecule has 0 spiro atoms. The number of alkyl halides is 1. The number of rotatable bonds is 4. The van der Waals surface area contributed by atoms with Gasteiger partial charge in [0.2, 0.25) is 0 Å². The SMILES string of the molecule is Cc1ccc(N(C)c2cc(CCl)cc(C(C)C)n2)cc1. The molecular weight excluding hydrogens is 268 g/mol. The Morgan fingerprint density at radius 3 is 2.35 bits per heavy atom. The van der Waals surface area contributed by atoms with Gasteiger partial charge in [-0.3, -0.25) is 0 Å². The lowest BCUT2D eigenvalue weighted by molar-refractivity contribution is 0.817. The number of hydrogen-bond donors (Lipinski definition) is 0. The fourth-order valence-electron chi connectivity index (χ4n) is 2.04. The number of nitrogens with zero attached hydrogens (tertiary/aromatic N) is 2. The lowest BCUT2D eigenvalue weighted by Crippen LogP contribution is -2.13. The molecule has 20 heavy (non-hydrogen) atoms. The standard InChI is InChI=1S/C17H21ClN2/c1-12(2)16-9-14(11-18)10-17(19-16)20(4)15-7-5-13(3)6-8-15/h5-10,12H,11H2,1-4H3. The Labute approximate surface area is 126 Å². The maximum Gasteiger partial charge on any atom is 0.133 e. The van der Waals surface area contributed by atoms with Crippen molar-refractivity contribution >= 4 is 23.1 Å². The zero-order chi connectivity index (χ0) is 14.7. The van der Waals surface area contributed by atoms with E-state index in [0.29, 0.717) is 11.8 Å². The van der Waals surface area contributed by atoms with Crippen molar-refractivity contribution in [2.24, 2.45) is 0 Å². The summed E-state index contributed by atoms with van der Waals surface area (Å²) in [5, 5.41) is 0. The first-order valence-electron chi connectivity index (χ1n) is 6.88. The fraction of sp³-hybridized carbons (Fsp3) is 0.353. The van der Waals surface area contributed by atoms with E-state index in [4.69, 9.17) is 16.6 Å². The van der Waals surface area contributed by atoms with Gasteiger partial charge in [0, 0.05) is 24.3 Å². The number of anilines is 2. The minimum absolute atomic E-state index is 0.392. The van der Waals surface area contributed by atoms with Gasteiger partial charge in [-0.05, 0) is 42.7 Å². The lowest BCUT2D eigenvalue weighted by atomic mass is 10.1. The molecule has 2 nitrogen and oxygen atoms in total. The van der Waals surface area contributed by atoms with Crippen LogP contribution in [0.15, 0.2) is 36.4 Å². The molecule has 106 valence electrons. The third kappa shape index (κ3) is 3.31. The van der Waals surface area contributed by atoms with Crippen LogP contribution in [0.4, 0.5) is 11.5 Å². The van der Waals surface area contributed by atoms with Crippen LogP contribution in [0.3, 0.4) is 0 Å². The Kier molecular flexibility index (Phi) is 4.66. The third-order valence-corrected chi connectivity index (χ3v) is 3.71. The Morgan fingerprint density at radius 1 is 1.15 bits per heavy atom. The van der Waals surface area contributed by atoms with Crippen molar-refractivity contribution in [3.05, 3.63) is 53.2 Å². The number of pyridine rings is 1. The summed E-state index contributed by atoms with van der Waals surface area (Å²) in [6.45, 7) is 6.39. The minimum atomic E-state index is 0.392. The molecule has 1 heterocycles. The van der Waals surface area contributed by atoms with Gasteiger partial charge in [-0.25, -0.2) is 4.98 Å². The Bertz CT molecular complexity index is 576. The molecule has 0 radical (unpaired) electrons. The maximum absolute atomic E-state index is 6.00. The van der Waals surface area contributed by atoms with E-state index >= 15 is 0 Å². The van der Waals surface area contributed by atoms with E-state index in [1.165, 1.54) is 5.56 Å². The molecule has 0 aliphatic rings. The minimum Gasteiger partial charge on any atom is -0.329 e. The summed E-state index contributed by atoms with van der Waals surface area (Å²) in [6.07, 6.45) is 0. The van der Waals surface area contributed by atoms with Gasteiger partial charge in [0.15, 0.2) is 0 Å². The van der Waals surface area contributed by atoms with Gasteiger partial charge < -0.3 is 4.90 Å². The normalized spacial score (nSPS) is 10.9. The van der Waals surface area contributed by atoms with E-state index in [2.05, 4.69) is 62.1 Å². The first-order valence-corrected chi connectivity index (χ1v) is 7.42. The highest BCUT2D eigenvalue weighted by molar-refractivity contribution is 6.17. The number of benzene rings is 1. The molecular formula is C17H21ClN2. The highest BCUT2D eigenvalue weighted by Gasteiger charge is 2.10. The fourth-order valence-corrected chi connectivity index (χ4v) is 2.19. The van der Waals surface area contributed by atoms with Crippen molar-refractivity contribution in [2.75, 3.05) is 11.9 Å². The molecule has 2 aromatic rings. The van der Waals surface area contributed by atoms with Gasteiger partial charge in [0.1, 0.15) is 5.82 Å². The second kappa shape index (κ2) is 6.27. The molecule has 3 heteroatoms. The van der Waals surface area contributed by atoms with Crippen LogP contribution in [0.2, 0.25) is 0 Å². The predicted octanol–water partition coefficient (Wildman–Crippen LogP) is 5.02. The van der Waals surface area contributed by atoms with Crippen molar-refractivity contribution in [2.45, 2.75) is 32.6 Å². The molecule has 1 aromatic heterocycles. The summed E-state index contributed by atoms with van der Waals surface area (Å²) in [6, 6.07) is 12.6. The predicted molar refractivity (Wildman–Crippen MR) is 87.1 cm³/mol. The molecule has 0 bridgehead atoms. The highest BCUT2D eigenvalue weighted by atomic mass is 35.5. The molecule has 0 N–H and O–H groups in total. The molecule has 0 saturated heterocycles. The maximum atomic E-state index is 6.00. The summed E-state index contributed by atoms with van der Waals surface area (Å²) in [5.74, 6) is 1.84. The second-order valence-electron chi connectivity index (χ2n) is 5.44. The quantitative estimate of drug-likeness (QED) is 0.734. The zero-order valence-corrected chi connectivity index (χ0v) is 13.3. The lowest BCUT2D eigenvalue weighted by Gasteiger charge is -2.21. The summed E-state index contributed by atoms with van der Waals surface area (Å²) in [7, 11) is 2.04. The molecule has 0 amide bonds. The second-order valence-corrected chi connectivity index (χ2v) is 5.71. The van der Waals surface area contributed by atoms with Crippen molar-refractivity contribution in [1.82, 2.24) is 4.98 Å². The average Bonchev–Trinajstić information content (AvgIpc) is 2.46. The van der Waals surface area contributed by atoms with Crippen molar-refractivity contribution < 1.29 is 0 Å². The summed E-state index contributed by atoms with van der Waals surface area (Å²) in [4.78, 5) is 6.85. The summed E-state index contributed by atoms with van der Waals surface area (Å²) in [5.41, 5.74) is 4.58. The monoisotopic (exact) mass is 288 g/mol. The van der Waals surface area contributed by atoms with E-state index in [0.717, 1.165) is 22.8 Å². The molecule has 0 unspecified atom stereocenters. The van der Waals surface area contributed by atoms with Crippen molar-refractivity contribution in [3.8, 4) is 0 Å². The van der Waals surface area contributed by atoms with E-state index in [-0.39, 0.29) is 0 Å². The zero-order valence-electron chi connectivity index (χ0n) is 12.5. The van der Waals surface area contributed by atoms with Crippen LogP contribution in [-0.2, 0) is 5.88 Å². The van der Waals surface area contributed by atoms with Crippen molar-refractivity contribution in [3.63, 3.8) is 0 Å². The van der Waals surface area contributed by atoms with Crippen LogP contribution in [0, 0.1) is 6.92 Å². The summed E-state index contributed by atoms with van der Waals surface area (Å²) < 4.78 is 0. The molecule has 0 aliphatic carbocycles. The smallest absolute Gasteiger partial charge is 0.133 e. The van der Waals surface area contributed by atoms with E-state index in [9.17, 15) is 0 Å². The average molecular weight is 289 g/mol. The number of aryl methyl sites for hydroxylation is 1. The third-order valence-electron chi connectivity index (χ3n) is 3.40. The van der Waals surface area contributed by atoms with Crippen LogP contribution in [-0.4, -0.2) is 12.0 Å². The van der Waals surface area contributed by atoms with Crippen LogP contribution in [0.5, 0.6) is 0 Å². The molecule has 1 aromatic carbocycles. The van der Waals surface area contributed by atoms with Gasteiger partial charge in [-0.2, -0.15) is 0 Å². The van der Waals surface area contributed by atoms with E-state index in [1.807, 2.05) is 7.05 Å². The topological polar surface area (TPSA) is 16.1 Å². The van der Waals surface area contributed by atoms with E-state index in [1.54, 1.807) is 0 Å². The van der Waals surface area contributed by atoms with Gasteiger partial charge in [0.05, 0.1) is 0 Å². The summed E-state index contributed by atoms with van der Waals surface area (Å²) >= 11 is 6.00. The van der Waals surface area contributed by atoms with Gasteiger partial charge in [0.25, 0.3) is 0 Å². The molecule has 2 rings (SSSR count). The van der Waals surface area contributed by atoms with Crippen LogP contribution in [0.1, 0.15) is 36.6 Å². The first-order chi connectivity index (χ1) is 9.51. The Hall–Kier alpha value is -1.54. The van der Waals surface area contributed by atoms with Gasteiger partial charge >= 0.3 is 0 Å². The highest BCUT2D eigenvalue weighted by Crippen LogP contribution is 2.26. The van der Waals surface area contributed by atoms with Crippen LogP contribution < -0.4 is 4.90 Å². The first kappa shape index (κ1) is 14.9. The largest absolute Gasteiger partial charge is 0.329 e. The number of halogens is 1. The van der Waals surface area contributed by atoms with Gasteiger partial charge in [-0.1, -0.05) is 31.5 Å². The Balaban J connectivity index is 2.40. The van der Waals surface area contributed by atoms with E-state index < -0.39 is 0 Å². The molecule has 0 fully saturated rings. The van der Waals surface area contributed by atoms with Crippen molar-refractivity contribution in [1.29, 1.82) is 0 Å². The number of aromatic nitrogens is 1. The van der Waals surface area contributed by atoms with Crippen LogP contribution >= 0.6 is 11.6 Å². The Morgan fingerprint density at radius 2 is 1.80 bits per heavy atom. The molecule has 0 saturated carbocycles. The molecule has 0 atom stereocenters. The van der Waals surface area contributed by atoms with Gasteiger partial charge in [-0.15, -0.1) is 11.6 Å².